The Balaban J connectivity index is 2.84. The summed E-state index contributed by atoms with van der Waals surface area (Å²) < 4.78 is 5.64. The number of hydrogen-bond acceptors (Lipinski definition) is 4. The molecule has 7 heteroatoms. The summed E-state index contributed by atoms with van der Waals surface area (Å²) in [5.41, 5.74) is 12.0. The fraction of sp³-hybridized carbons (Fsp3) is 0.438. The summed E-state index contributed by atoms with van der Waals surface area (Å²) in [5, 5.41) is 2.18. The molecule has 0 saturated heterocycles. The SMILES string of the molecule is Cc1ccc(C(C)C)cc1O[C@@H](C)C(=O)NC(C(N)=O)C(N)=O. The summed E-state index contributed by atoms with van der Waals surface area (Å²) in [6.45, 7) is 7.47. The third-order valence-electron chi connectivity index (χ3n) is 3.41. The highest BCUT2D eigenvalue weighted by Crippen LogP contribution is 2.25. The van der Waals surface area contributed by atoms with Gasteiger partial charge in [-0.05, 0) is 37.0 Å². The fourth-order valence-electron chi connectivity index (χ4n) is 1.89. The van der Waals surface area contributed by atoms with Gasteiger partial charge in [-0.3, -0.25) is 14.4 Å². The summed E-state index contributed by atoms with van der Waals surface area (Å²) in [6.07, 6.45) is -0.919. The van der Waals surface area contributed by atoms with Crippen LogP contribution < -0.4 is 21.5 Å². The summed E-state index contributed by atoms with van der Waals surface area (Å²) in [6, 6.07) is 4.21. The minimum atomic E-state index is -1.56. The van der Waals surface area contributed by atoms with Gasteiger partial charge >= 0.3 is 0 Å². The standard InChI is InChI=1S/C16H23N3O4/c1-8(2)11-6-5-9(3)12(7-11)23-10(4)16(22)19-13(14(17)20)15(18)21/h5-8,10,13H,1-4H3,(H2,17,20)(H2,18,21)(H,19,22)/t10-/m0/s1. The minimum Gasteiger partial charge on any atom is -0.481 e. The lowest BCUT2D eigenvalue weighted by atomic mass is 10.0. The number of aryl methyl sites for hydroxylation is 1. The molecule has 0 saturated carbocycles. The number of amides is 3. The molecule has 0 bridgehead atoms. The first kappa shape index (κ1) is 18.5. The Morgan fingerprint density at radius 3 is 2.13 bits per heavy atom. The normalized spacial score (nSPS) is 12.1. The number of primary amides is 2. The van der Waals surface area contributed by atoms with E-state index < -0.39 is 29.9 Å². The van der Waals surface area contributed by atoms with Crippen LogP contribution in [0.4, 0.5) is 0 Å². The highest BCUT2D eigenvalue weighted by molar-refractivity contribution is 6.06. The predicted molar refractivity (Wildman–Crippen MR) is 85.7 cm³/mol. The van der Waals surface area contributed by atoms with Gasteiger partial charge < -0.3 is 21.5 Å². The molecular formula is C16H23N3O4. The Labute approximate surface area is 135 Å². The van der Waals surface area contributed by atoms with Crippen LogP contribution in [0.25, 0.3) is 0 Å². The molecule has 0 aromatic heterocycles. The second kappa shape index (κ2) is 7.62. The van der Waals surface area contributed by atoms with E-state index in [0.717, 1.165) is 11.1 Å². The molecule has 0 aliphatic carbocycles. The van der Waals surface area contributed by atoms with Gasteiger partial charge in [0.25, 0.3) is 5.91 Å². The van der Waals surface area contributed by atoms with E-state index in [9.17, 15) is 14.4 Å². The number of nitrogens with one attached hydrogen (secondary N) is 1. The number of nitrogens with two attached hydrogens (primary N) is 2. The van der Waals surface area contributed by atoms with E-state index in [1.807, 2.05) is 25.1 Å². The average Bonchev–Trinajstić information content (AvgIpc) is 2.45. The maximum absolute atomic E-state index is 12.0. The fourth-order valence-corrected chi connectivity index (χ4v) is 1.89. The van der Waals surface area contributed by atoms with Crippen LogP contribution in [0.2, 0.25) is 0 Å². The molecule has 126 valence electrons. The van der Waals surface area contributed by atoms with Gasteiger partial charge in [0.2, 0.25) is 11.8 Å². The zero-order valence-corrected chi connectivity index (χ0v) is 13.8. The van der Waals surface area contributed by atoms with Crippen LogP contribution in [0.15, 0.2) is 18.2 Å². The molecule has 0 fully saturated rings. The largest absolute Gasteiger partial charge is 0.481 e. The monoisotopic (exact) mass is 321 g/mol. The quantitative estimate of drug-likeness (QED) is 0.626. The van der Waals surface area contributed by atoms with Crippen molar-refractivity contribution in [2.24, 2.45) is 11.5 Å². The van der Waals surface area contributed by atoms with Crippen molar-refractivity contribution in [1.29, 1.82) is 0 Å². The van der Waals surface area contributed by atoms with Crippen molar-refractivity contribution in [2.45, 2.75) is 45.8 Å². The molecule has 1 rings (SSSR count). The smallest absolute Gasteiger partial charge is 0.261 e. The summed E-state index contributed by atoms with van der Waals surface area (Å²) in [5.74, 6) is -1.81. The minimum absolute atomic E-state index is 0.316. The van der Waals surface area contributed by atoms with Gasteiger partial charge in [-0.25, -0.2) is 0 Å². The molecule has 7 nitrogen and oxygen atoms in total. The van der Waals surface area contributed by atoms with Gasteiger partial charge in [-0.2, -0.15) is 0 Å². The summed E-state index contributed by atoms with van der Waals surface area (Å²) in [7, 11) is 0. The van der Waals surface area contributed by atoms with E-state index in [0.29, 0.717) is 11.7 Å². The Morgan fingerprint density at radius 1 is 1.09 bits per heavy atom. The van der Waals surface area contributed by atoms with Gasteiger partial charge in [-0.1, -0.05) is 26.0 Å². The number of ether oxygens (including phenoxy) is 1. The molecule has 0 aliphatic rings. The molecule has 1 atom stereocenters. The molecule has 0 aliphatic heterocycles. The van der Waals surface area contributed by atoms with Crippen LogP contribution in [-0.4, -0.2) is 29.9 Å². The molecule has 0 unspecified atom stereocenters. The Kier molecular flexibility index (Phi) is 6.12. The van der Waals surface area contributed by atoms with Crippen molar-refractivity contribution < 1.29 is 19.1 Å². The van der Waals surface area contributed by atoms with E-state index in [1.54, 1.807) is 0 Å². The van der Waals surface area contributed by atoms with Crippen LogP contribution in [0, 0.1) is 6.92 Å². The van der Waals surface area contributed by atoms with E-state index in [1.165, 1.54) is 6.92 Å². The molecule has 0 radical (unpaired) electrons. The highest BCUT2D eigenvalue weighted by Gasteiger charge is 2.27. The predicted octanol–water partition coefficient (Wildman–Crippen LogP) is 0.341. The van der Waals surface area contributed by atoms with Crippen LogP contribution in [0.5, 0.6) is 5.75 Å². The number of hydrogen-bond donors (Lipinski definition) is 3. The molecular weight excluding hydrogens is 298 g/mol. The number of carbonyl (C=O) groups excluding carboxylic acids is 3. The van der Waals surface area contributed by atoms with Gasteiger partial charge in [0.15, 0.2) is 12.1 Å². The average molecular weight is 321 g/mol. The van der Waals surface area contributed by atoms with E-state index >= 15 is 0 Å². The van der Waals surface area contributed by atoms with E-state index in [2.05, 4.69) is 19.2 Å². The van der Waals surface area contributed by atoms with Gasteiger partial charge in [0.05, 0.1) is 0 Å². The van der Waals surface area contributed by atoms with Crippen molar-refractivity contribution in [1.82, 2.24) is 5.32 Å². The van der Waals surface area contributed by atoms with Crippen LogP contribution >= 0.6 is 0 Å². The van der Waals surface area contributed by atoms with Crippen molar-refractivity contribution in [3.05, 3.63) is 29.3 Å². The van der Waals surface area contributed by atoms with Gasteiger partial charge in [-0.15, -0.1) is 0 Å². The van der Waals surface area contributed by atoms with E-state index in [-0.39, 0.29) is 0 Å². The summed E-state index contributed by atoms with van der Waals surface area (Å²) in [4.78, 5) is 34.2. The molecule has 0 heterocycles. The number of rotatable bonds is 7. The highest BCUT2D eigenvalue weighted by atomic mass is 16.5. The Bertz CT molecular complexity index is 599. The molecule has 1 aromatic rings. The zero-order valence-electron chi connectivity index (χ0n) is 13.8. The first-order chi connectivity index (χ1) is 10.6. The third kappa shape index (κ3) is 4.98. The maximum atomic E-state index is 12.0. The second-order valence-electron chi connectivity index (χ2n) is 5.69. The van der Waals surface area contributed by atoms with Crippen LogP contribution in [0.3, 0.4) is 0 Å². The van der Waals surface area contributed by atoms with Crippen LogP contribution in [0.1, 0.15) is 37.8 Å². The van der Waals surface area contributed by atoms with E-state index in [4.69, 9.17) is 16.2 Å². The van der Waals surface area contributed by atoms with Crippen molar-refractivity contribution >= 4 is 17.7 Å². The van der Waals surface area contributed by atoms with Gasteiger partial charge in [0, 0.05) is 0 Å². The Hall–Kier alpha value is -2.57. The molecule has 3 amide bonds. The topological polar surface area (TPSA) is 125 Å². The van der Waals surface area contributed by atoms with Crippen molar-refractivity contribution in [2.75, 3.05) is 0 Å². The second-order valence-corrected chi connectivity index (χ2v) is 5.69. The molecule has 23 heavy (non-hydrogen) atoms. The number of carbonyl (C=O) groups is 3. The zero-order chi connectivity index (χ0) is 17.7. The lowest BCUT2D eigenvalue weighted by Crippen LogP contribution is -2.55. The molecule has 1 aromatic carbocycles. The van der Waals surface area contributed by atoms with Gasteiger partial charge in [0.1, 0.15) is 5.75 Å². The third-order valence-corrected chi connectivity index (χ3v) is 3.41. The number of benzene rings is 1. The summed E-state index contributed by atoms with van der Waals surface area (Å²) >= 11 is 0. The lowest BCUT2D eigenvalue weighted by molar-refractivity contribution is -0.136. The molecule has 0 spiro atoms. The molecule has 5 N–H and O–H groups in total. The first-order valence-corrected chi connectivity index (χ1v) is 7.29. The van der Waals surface area contributed by atoms with Crippen molar-refractivity contribution in [3.63, 3.8) is 0 Å². The maximum Gasteiger partial charge on any atom is 0.261 e. The Morgan fingerprint density at radius 2 is 1.65 bits per heavy atom. The lowest BCUT2D eigenvalue weighted by Gasteiger charge is -2.19. The van der Waals surface area contributed by atoms with Crippen LogP contribution in [-0.2, 0) is 14.4 Å². The first-order valence-electron chi connectivity index (χ1n) is 7.29. The van der Waals surface area contributed by atoms with Crippen molar-refractivity contribution in [3.8, 4) is 5.75 Å².